The highest BCUT2D eigenvalue weighted by atomic mass is 16.5. The Labute approximate surface area is 195 Å². The number of carbonyl (C=O) groups excluding carboxylic acids is 1. The van der Waals surface area contributed by atoms with E-state index in [2.05, 4.69) is 40.7 Å². The summed E-state index contributed by atoms with van der Waals surface area (Å²) in [5.74, 6) is 7.05. The van der Waals surface area contributed by atoms with Crippen molar-refractivity contribution < 1.29 is 14.6 Å². The highest BCUT2D eigenvalue weighted by molar-refractivity contribution is 5.97. The van der Waals surface area contributed by atoms with Crippen LogP contribution >= 0.6 is 0 Å². The minimum atomic E-state index is -0.303. The fourth-order valence-corrected chi connectivity index (χ4v) is 3.97. The van der Waals surface area contributed by atoms with Crippen LogP contribution in [-0.2, 0) is 6.54 Å². The van der Waals surface area contributed by atoms with Gasteiger partial charge in [-0.15, -0.1) is 0 Å². The van der Waals surface area contributed by atoms with Gasteiger partial charge in [-0.05, 0) is 50.6 Å². The molecule has 0 saturated heterocycles. The lowest BCUT2D eigenvalue weighted by molar-refractivity contribution is 0.0325. The summed E-state index contributed by atoms with van der Waals surface area (Å²) < 4.78 is 6.36. The first kappa shape index (κ1) is 23.2. The molecule has 0 aromatic carbocycles. The van der Waals surface area contributed by atoms with E-state index in [0.29, 0.717) is 36.0 Å². The number of rotatable bonds is 6. The van der Waals surface area contributed by atoms with Crippen LogP contribution in [0.15, 0.2) is 36.8 Å². The third-order valence-electron chi connectivity index (χ3n) is 6.21. The van der Waals surface area contributed by atoms with E-state index in [-0.39, 0.29) is 30.6 Å². The summed E-state index contributed by atoms with van der Waals surface area (Å²) in [5, 5.41) is 9.81. The van der Waals surface area contributed by atoms with Gasteiger partial charge in [-0.2, -0.15) is 0 Å². The second kappa shape index (κ2) is 10.3. The van der Waals surface area contributed by atoms with Crippen LogP contribution in [0.2, 0.25) is 0 Å². The second-order valence-corrected chi connectivity index (χ2v) is 9.30. The Morgan fingerprint density at radius 2 is 2.09 bits per heavy atom. The number of carbonyl (C=O) groups is 1. The number of amides is 1. The quantitative estimate of drug-likeness (QED) is 0.685. The molecule has 3 heterocycles. The number of fused-ring (bicyclic) bond motifs is 1. The average molecular weight is 449 g/mol. The molecule has 1 saturated carbocycles. The van der Waals surface area contributed by atoms with Gasteiger partial charge in [0.1, 0.15) is 11.7 Å². The lowest BCUT2D eigenvalue weighted by Gasteiger charge is -2.37. The SMILES string of the molecule is C[C@@H]1CN([C@@H](C)CO)C(=O)c2cc(C#CC3CC3)cnc2O[C@H]1CN(C)Cc1ccncc1. The topological polar surface area (TPSA) is 78.8 Å². The standard InChI is InChI=1S/C26H32N4O3/c1-18-14-30(19(2)17-31)26(32)23-12-22(7-6-20-4-5-20)13-28-25(23)33-24(18)16-29(3)15-21-8-10-27-11-9-21/h8-13,18-20,24,31H,4-5,14-17H2,1-3H3/t18-,19+,24+/m1/s1. The predicted octanol–water partition coefficient (Wildman–Crippen LogP) is 2.59. The predicted molar refractivity (Wildman–Crippen MR) is 126 cm³/mol. The summed E-state index contributed by atoms with van der Waals surface area (Å²) in [6, 6.07) is 5.49. The molecule has 4 rings (SSSR count). The Bertz CT molecular complexity index is 1030. The Hall–Kier alpha value is -2.95. The molecule has 1 fully saturated rings. The lowest BCUT2D eigenvalue weighted by atomic mass is 9.99. The number of hydrogen-bond acceptors (Lipinski definition) is 6. The molecule has 7 nitrogen and oxygen atoms in total. The van der Waals surface area contributed by atoms with Crippen molar-refractivity contribution >= 4 is 5.91 Å². The maximum absolute atomic E-state index is 13.4. The summed E-state index contributed by atoms with van der Waals surface area (Å²) in [7, 11) is 2.06. The van der Waals surface area contributed by atoms with Gasteiger partial charge in [0.25, 0.3) is 5.91 Å². The molecule has 2 aromatic rings. The maximum atomic E-state index is 13.4. The van der Waals surface area contributed by atoms with Gasteiger partial charge in [0.2, 0.25) is 5.88 Å². The monoisotopic (exact) mass is 448 g/mol. The zero-order chi connectivity index (χ0) is 23.4. The molecule has 3 atom stereocenters. The van der Waals surface area contributed by atoms with E-state index < -0.39 is 0 Å². The molecule has 0 bridgehead atoms. The number of aliphatic hydroxyl groups is 1. The Kier molecular flexibility index (Phi) is 7.26. The normalized spacial score (nSPS) is 21.4. The molecule has 174 valence electrons. The molecule has 0 spiro atoms. The largest absolute Gasteiger partial charge is 0.472 e. The van der Waals surface area contributed by atoms with Gasteiger partial charge in [0.05, 0.1) is 12.6 Å². The van der Waals surface area contributed by atoms with E-state index in [1.54, 1.807) is 29.6 Å². The first-order valence-electron chi connectivity index (χ1n) is 11.6. The number of pyridine rings is 2. The summed E-state index contributed by atoms with van der Waals surface area (Å²) in [6.45, 7) is 5.77. The number of likely N-dealkylation sites (N-methyl/N-ethyl adjacent to an activating group) is 1. The summed E-state index contributed by atoms with van der Waals surface area (Å²) in [4.78, 5) is 26.0. The first-order chi connectivity index (χ1) is 15.9. The van der Waals surface area contributed by atoms with Crippen LogP contribution in [0.4, 0.5) is 0 Å². The molecule has 1 aliphatic heterocycles. The summed E-state index contributed by atoms with van der Waals surface area (Å²) >= 11 is 0. The fraction of sp³-hybridized carbons (Fsp3) is 0.500. The van der Waals surface area contributed by atoms with Crippen molar-refractivity contribution in [1.29, 1.82) is 0 Å². The van der Waals surface area contributed by atoms with E-state index in [1.165, 1.54) is 5.56 Å². The minimum absolute atomic E-state index is 0.0483. The number of hydrogen-bond donors (Lipinski definition) is 1. The van der Waals surface area contributed by atoms with Gasteiger partial charge in [-0.3, -0.25) is 14.7 Å². The molecule has 7 heteroatoms. The molecule has 2 aliphatic rings. The Morgan fingerprint density at radius 3 is 2.79 bits per heavy atom. The molecule has 1 N–H and O–H groups in total. The third-order valence-corrected chi connectivity index (χ3v) is 6.21. The average Bonchev–Trinajstić information content (AvgIpc) is 3.65. The zero-order valence-corrected chi connectivity index (χ0v) is 19.6. The van der Waals surface area contributed by atoms with Gasteiger partial charge in [-0.25, -0.2) is 4.98 Å². The highest BCUT2D eigenvalue weighted by Gasteiger charge is 2.34. The highest BCUT2D eigenvalue weighted by Crippen LogP contribution is 2.29. The number of ether oxygens (including phenoxy) is 1. The molecule has 2 aromatic heterocycles. The van der Waals surface area contributed by atoms with Crippen molar-refractivity contribution in [3.05, 3.63) is 53.5 Å². The molecule has 1 aliphatic carbocycles. The number of nitrogens with zero attached hydrogens (tertiary/aromatic N) is 4. The van der Waals surface area contributed by atoms with Crippen molar-refractivity contribution in [2.75, 3.05) is 26.7 Å². The van der Waals surface area contributed by atoms with E-state index >= 15 is 0 Å². The molecule has 1 amide bonds. The van der Waals surface area contributed by atoms with Crippen LogP contribution in [-0.4, -0.2) is 69.7 Å². The molecular weight excluding hydrogens is 416 g/mol. The smallest absolute Gasteiger partial charge is 0.259 e. The van der Waals surface area contributed by atoms with E-state index in [1.807, 2.05) is 19.1 Å². The van der Waals surface area contributed by atoms with Gasteiger partial charge in [-0.1, -0.05) is 18.8 Å². The molecule has 33 heavy (non-hydrogen) atoms. The second-order valence-electron chi connectivity index (χ2n) is 9.30. The van der Waals surface area contributed by atoms with Gasteiger partial charge >= 0.3 is 0 Å². The fourth-order valence-electron chi connectivity index (χ4n) is 3.97. The lowest BCUT2D eigenvalue weighted by Crippen LogP contribution is -2.49. The van der Waals surface area contributed by atoms with Crippen LogP contribution in [0, 0.1) is 23.7 Å². The van der Waals surface area contributed by atoms with Gasteiger partial charge in [0.15, 0.2) is 0 Å². The Balaban J connectivity index is 1.60. The zero-order valence-electron chi connectivity index (χ0n) is 19.6. The van der Waals surface area contributed by atoms with Crippen LogP contribution in [0.25, 0.3) is 0 Å². The van der Waals surface area contributed by atoms with Gasteiger partial charge < -0.3 is 14.7 Å². The van der Waals surface area contributed by atoms with Crippen molar-refractivity contribution in [2.24, 2.45) is 11.8 Å². The molecular formula is C26H32N4O3. The van der Waals surface area contributed by atoms with E-state index in [4.69, 9.17) is 4.74 Å². The van der Waals surface area contributed by atoms with Crippen LogP contribution in [0.1, 0.15) is 48.2 Å². The van der Waals surface area contributed by atoms with Crippen LogP contribution in [0.3, 0.4) is 0 Å². The molecule has 0 radical (unpaired) electrons. The van der Waals surface area contributed by atoms with E-state index in [9.17, 15) is 9.90 Å². The van der Waals surface area contributed by atoms with Crippen LogP contribution < -0.4 is 4.74 Å². The van der Waals surface area contributed by atoms with Crippen molar-refractivity contribution in [3.63, 3.8) is 0 Å². The van der Waals surface area contributed by atoms with Crippen molar-refractivity contribution in [3.8, 4) is 17.7 Å². The maximum Gasteiger partial charge on any atom is 0.259 e. The number of aromatic nitrogens is 2. The van der Waals surface area contributed by atoms with Gasteiger partial charge in [0, 0.05) is 55.6 Å². The third kappa shape index (κ3) is 5.89. The van der Waals surface area contributed by atoms with Crippen LogP contribution in [0.5, 0.6) is 5.88 Å². The number of aliphatic hydroxyl groups excluding tert-OH is 1. The summed E-state index contributed by atoms with van der Waals surface area (Å²) in [5.41, 5.74) is 2.30. The molecule has 0 unspecified atom stereocenters. The minimum Gasteiger partial charge on any atom is -0.472 e. The first-order valence-corrected chi connectivity index (χ1v) is 11.6. The summed E-state index contributed by atoms with van der Waals surface area (Å²) in [6.07, 6.45) is 7.38. The van der Waals surface area contributed by atoms with E-state index in [0.717, 1.165) is 19.4 Å². The van der Waals surface area contributed by atoms with Crippen molar-refractivity contribution in [1.82, 2.24) is 19.8 Å². The van der Waals surface area contributed by atoms with Crippen molar-refractivity contribution in [2.45, 2.75) is 45.4 Å². The Morgan fingerprint density at radius 1 is 1.33 bits per heavy atom.